The van der Waals surface area contributed by atoms with Crippen LogP contribution in [0, 0.1) is 0 Å². The maximum Gasteiger partial charge on any atom is 0.198 e. The normalized spacial score (nSPS) is 16.7. The first-order valence-electron chi connectivity index (χ1n) is 15.6. The van der Waals surface area contributed by atoms with Gasteiger partial charge in [-0.3, -0.25) is 4.90 Å². The minimum atomic E-state index is -0.780. The third-order valence-corrected chi connectivity index (χ3v) is 8.39. The second-order valence-corrected chi connectivity index (χ2v) is 12.0. The van der Waals surface area contributed by atoms with E-state index in [9.17, 15) is 20.4 Å². The average molecular weight is 598 g/mol. The molecule has 0 amide bonds. The van der Waals surface area contributed by atoms with E-state index in [1.807, 2.05) is 60.7 Å². The lowest BCUT2D eigenvalue weighted by molar-refractivity contribution is -0.0359. The molecule has 0 bridgehead atoms. The molecule has 0 radical (unpaired) electrons. The van der Waals surface area contributed by atoms with E-state index in [0.717, 1.165) is 40.8 Å². The van der Waals surface area contributed by atoms with Crippen molar-refractivity contribution in [2.24, 2.45) is 0 Å². The molecule has 3 atom stereocenters. The largest absolute Gasteiger partial charge is 0.508 e. The van der Waals surface area contributed by atoms with Gasteiger partial charge >= 0.3 is 0 Å². The van der Waals surface area contributed by atoms with Gasteiger partial charge in [0, 0.05) is 41.5 Å². The molecule has 0 saturated carbocycles. The van der Waals surface area contributed by atoms with Crippen molar-refractivity contribution >= 4 is 0 Å². The third-order valence-electron chi connectivity index (χ3n) is 8.39. The van der Waals surface area contributed by atoms with Gasteiger partial charge in [0.05, 0.1) is 13.2 Å². The summed E-state index contributed by atoms with van der Waals surface area (Å²) in [7, 11) is 0. The lowest BCUT2D eigenvalue weighted by atomic mass is 9.85. The summed E-state index contributed by atoms with van der Waals surface area (Å²) in [5.41, 5.74) is 5.97. The number of nitrogens with zero attached hydrogens (tertiary/aromatic N) is 1. The zero-order valence-corrected chi connectivity index (χ0v) is 26.3. The van der Waals surface area contributed by atoms with Crippen LogP contribution < -0.4 is 4.74 Å². The molecule has 1 heterocycles. The number of aliphatic hydroxyl groups is 3. The van der Waals surface area contributed by atoms with E-state index >= 15 is 0 Å². The Bertz CT molecular complexity index is 1430. The first-order valence-corrected chi connectivity index (χ1v) is 15.6. The van der Waals surface area contributed by atoms with Gasteiger partial charge in [0.25, 0.3) is 0 Å². The molecule has 0 spiro atoms. The maximum absolute atomic E-state index is 10.5. The van der Waals surface area contributed by atoms with Crippen molar-refractivity contribution in [1.82, 2.24) is 4.90 Å². The number of phenolic OH excluding ortho intramolecular Hbond substituents is 1. The second kappa shape index (κ2) is 15.9. The summed E-state index contributed by atoms with van der Waals surface area (Å²) in [5, 5.41) is 39.0. The molecule has 6 nitrogen and oxygen atoms in total. The smallest absolute Gasteiger partial charge is 0.198 e. The Morgan fingerprint density at radius 2 is 1.36 bits per heavy atom. The van der Waals surface area contributed by atoms with E-state index in [-0.39, 0.29) is 25.0 Å². The number of aliphatic hydroxyl groups excluding tert-OH is 3. The van der Waals surface area contributed by atoms with Gasteiger partial charge in [-0.05, 0) is 87.2 Å². The van der Waals surface area contributed by atoms with Crippen molar-refractivity contribution in [3.63, 3.8) is 0 Å². The molecule has 0 aliphatic carbocycles. The molecule has 6 heteroatoms. The van der Waals surface area contributed by atoms with E-state index in [0.29, 0.717) is 30.0 Å². The van der Waals surface area contributed by atoms with Gasteiger partial charge in [0.15, 0.2) is 6.29 Å². The predicted molar refractivity (Wildman–Crippen MR) is 176 cm³/mol. The van der Waals surface area contributed by atoms with Crippen LogP contribution in [0.5, 0.6) is 11.5 Å². The number of phenols is 1. The SMILES string of the molecule is CC(C)N(CCC(c1ccccc1)c1cc(CO)ccc1O)C(C)C.OCc1ccc2c(c1)C(c1ccccc1)CC(O)O2. The zero-order chi connectivity index (χ0) is 31.6. The summed E-state index contributed by atoms with van der Waals surface area (Å²) in [4.78, 5) is 2.48. The fourth-order valence-corrected chi connectivity index (χ4v) is 6.16. The Labute approximate surface area is 262 Å². The first kappa shape index (κ1) is 33.2. The molecule has 4 aromatic carbocycles. The molecule has 1 aliphatic rings. The van der Waals surface area contributed by atoms with Gasteiger partial charge in [-0.1, -0.05) is 72.8 Å². The number of ether oxygens (including phenoxy) is 1. The molecule has 5 rings (SSSR count). The fourth-order valence-electron chi connectivity index (χ4n) is 6.16. The van der Waals surface area contributed by atoms with Crippen LogP contribution in [0.3, 0.4) is 0 Å². The van der Waals surface area contributed by atoms with E-state index in [4.69, 9.17) is 4.74 Å². The van der Waals surface area contributed by atoms with Crippen LogP contribution in [0.1, 0.15) is 85.8 Å². The Morgan fingerprint density at radius 3 is 1.98 bits per heavy atom. The summed E-state index contributed by atoms with van der Waals surface area (Å²) in [5.74, 6) is 1.20. The molecule has 3 unspecified atom stereocenters. The molecule has 0 saturated heterocycles. The molecule has 4 aromatic rings. The molecule has 4 N–H and O–H groups in total. The number of aromatic hydroxyl groups is 1. The lowest BCUT2D eigenvalue weighted by Gasteiger charge is -2.32. The van der Waals surface area contributed by atoms with Crippen LogP contribution in [0.25, 0.3) is 0 Å². The first-order chi connectivity index (χ1) is 21.2. The predicted octanol–water partition coefficient (Wildman–Crippen LogP) is 6.94. The molecular weight excluding hydrogens is 550 g/mol. The molecule has 44 heavy (non-hydrogen) atoms. The van der Waals surface area contributed by atoms with Crippen LogP contribution in [0.2, 0.25) is 0 Å². The highest BCUT2D eigenvalue weighted by atomic mass is 16.6. The third kappa shape index (κ3) is 8.48. The van der Waals surface area contributed by atoms with Gasteiger partial charge in [0.2, 0.25) is 0 Å². The average Bonchev–Trinajstić information content (AvgIpc) is 3.03. The van der Waals surface area contributed by atoms with Crippen molar-refractivity contribution in [2.75, 3.05) is 6.54 Å². The summed E-state index contributed by atoms with van der Waals surface area (Å²) < 4.78 is 5.46. The Kier molecular flexibility index (Phi) is 12.0. The fraction of sp³-hybridized carbons (Fsp3) is 0.368. The van der Waals surface area contributed by atoms with Gasteiger partial charge in [-0.2, -0.15) is 0 Å². The van der Waals surface area contributed by atoms with Crippen molar-refractivity contribution in [3.8, 4) is 11.5 Å². The summed E-state index contributed by atoms with van der Waals surface area (Å²) in [6.45, 7) is 9.85. The molecule has 0 aromatic heterocycles. The minimum absolute atomic E-state index is 0.0113. The monoisotopic (exact) mass is 597 g/mol. The lowest BCUT2D eigenvalue weighted by Crippen LogP contribution is -2.38. The van der Waals surface area contributed by atoms with Crippen molar-refractivity contribution in [3.05, 3.63) is 130 Å². The Balaban J connectivity index is 0.000000208. The van der Waals surface area contributed by atoms with Gasteiger partial charge in [-0.15, -0.1) is 0 Å². The molecular formula is C38H47NO5. The number of rotatable bonds is 10. The number of fused-ring (bicyclic) bond motifs is 1. The molecule has 234 valence electrons. The summed E-state index contributed by atoms with van der Waals surface area (Å²) in [6, 6.07) is 32.3. The molecule has 0 fully saturated rings. The summed E-state index contributed by atoms with van der Waals surface area (Å²) in [6.07, 6.45) is 0.673. The van der Waals surface area contributed by atoms with E-state index in [2.05, 4.69) is 56.9 Å². The van der Waals surface area contributed by atoms with E-state index in [1.54, 1.807) is 12.1 Å². The van der Waals surface area contributed by atoms with Crippen molar-refractivity contribution < 1.29 is 25.2 Å². The highest BCUT2D eigenvalue weighted by Crippen LogP contribution is 2.40. The van der Waals surface area contributed by atoms with E-state index in [1.165, 1.54) is 5.56 Å². The van der Waals surface area contributed by atoms with Crippen LogP contribution in [-0.4, -0.2) is 50.2 Å². The van der Waals surface area contributed by atoms with Crippen molar-refractivity contribution in [2.45, 2.75) is 84.0 Å². The summed E-state index contributed by atoms with van der Waals surface area (Å²) >= 11 is 0. The van der Waals surface area contributed by atoms with Crippen molar-refractivity contribution in [1.29, 1.82) is 0 Å². The van der Waals surface area contributed by atoms with Crippen LogP contribution in [-0.2, 0) is 13.2 Å². The Morgan fingerprint density at radius 1 is 0.773 bits per heavy atom. The second-order valence-electron chi connectivity index (χ2n) is 12.0. The van der Waals surface area contributed by atoms with Gasteiger partial charge < -0.3 is 25.2 Å². The zero-order valence-electron chi connectivity index (χ0n) is 26.3. The topological polar surface area (TPSA) is 93.4 Å². The maximum atomic E-state index is 10.5. The van der Waals surface area contributed by atoms with Crippen LogP contribution >= 0.6 is 0 Å². The standard InChI is InChI=1S/C22H31NO2.C16H16O3/c1-16(2)23(17(3)4)13-12-20(19-8-6-5-7-9-19)21-14-18(15-24)10-11-22(21)25;17-10-11-6-7-15-14(8-11)13(9-16(18)19-15)12-4-2-1-3-5-12/h5-11,14,16-17,20,24-25H,12-13,15H2,1-4H3;1-8,13,16-18H,9-10H2. The van der Waals surface area contributed by atoms with E-state index < -0.39 is 6.29 Å². The van der Waals surface area contributed by atoms with Gasteiger partial charge in [0.1, 0.15) is 11.5 Å². The number of hydrogen-bond donors (Lipinski definition) is 4. The Hall–Kier alpha value is -3.68. The van der Waals surface area contributed by atoms with Crippen LogP contribution in [0.4, 0.5) is 0 Å². The minimum Gasteiger partial charge on any atom is -0.508 e. The number of benzene rings is 4. The molecule has 1 aliphatic heterocycles. The number of hydrogen-bond acceptors (Lipinski definition) is 6. The highest BCUT2D eigenvalue weighted by molar-refractivity contribution is 5.46. The quantitative estimate of drug-likeness (QED) is 0.158. The van der Waals surface area contributed by atoms with Gasteiger partial charge in [-0.25, -0.2) is 0 Å². The highest BCUT2D eigenvalue weighted by Gasteiger charge is 2.28. The van der Waals surface area contributed by atoms with Crippen LogP contribution in [0.15, 0.2) is 97.1 Å².